The van der Waals surface area contributed by atoms with E-state index in [9.17, 15) is 14.3 Å². The summed E-state index contributed by atoms with van der Waals surface area (Å²) < 4.78 is 35.1. The van der Waals surface area contributed by atoms with E-state index < -0.39 is 13.9 Å². The summed E-state index contributed by atoms with van der Waals surface area (Å²) in [5.74, 6) is -0.318. The fourth-order valence-corrected chi connectivity index (χ4v) is 8.02. The number of allylic oxidation sites excluding steroid dienone is 6. The molecule has 0 radical (unpaired) electrons. The molecule has 2 unspecified atom stereocenters. The summed E-state index contributed by atoms with van der Waals surface area (Å²) >= 11 is 0. The van der Waals surface area contributed by atoms with Crippen molar-refractivity contribution < 1.29 is 37.3 Å². The number of hydrogen-bond acceptors (Lipinski definition) is 6. The molecule has 0 aromatic heterocycles. The van der Waals surface area contributed by atoms with Crippen LogP contribution in [0.3, 0.4) is 0 Å². The largest absolute Gasteiger partial charge is 0.472 e. The highest BCUT2D eigenvalue weighted by atomic mass is 31.2. The number of unbranched alkanes of at least 4 members (excludes halogenated alkanes) is 28. The van der Waals surface area contributed by atoms with Gasteiger partial charge >= 0.3 is 13.8 Å². The summed E-state index contributed by atoms with van der Waals surface area (Å²) in [6.07, 6.45) is 54.9. The van der Waals surface area contributed by atoms with Gasteiger partial charge in [0.25, 0.3) is 0 Å². The molecule has 0 bridgehead atoms. The van der Waals surface area contributed by atoms with E-state index in [1.54, 1.807) is 0 Å². The van der Waals surface area contributed by atoms with Gasteiger partial charge in [-0.3, -0.25) is 13.8 Å². The Balaban J connectivity index is 4.05. The van der Waals surface area contributed by atoms with Gasteiger partial charge < -0.3 is 18.9 Å². The number of esters is 1. The predicted octanol–water partition coefficient (Wildman–Crippen LogP) is 15.7. The van der Waals surface area contributed by atoms with Crippen LogP contribution in [0.2, 0.25) is 0 Å². The highest BCUT2D eigenvalue weighted by Crippen LogP contribution is 2.43. The molecule has 8 nitrogen and oxygen atoms in total. The first-order chi connectivity index (χ1) is 29.6. The molecule has 360 valence electrons. The second-order valence-corrected chi connectivity index (χ2v) is 20.0. The van der Waals surface area contributed by atoms with Crippen molar-refractivity contribution in [2.24, 2.45) is 0 Å². The van der Waals surface area contributed by atoms with Crippen LogP contribution in [0.5, 0.6) is 0 Å². The first kappa shape index (κ1) is 59.7. The number of hydrogen-bond donors (Lipinski definition) is 1. The second kappa shape index (κ2) is 45.3. The van der Waals surface area contributed by atoms with Gasteiger partial charge in [0.05, 0.1) is 34.4 Å². The lowest BCUT2D eigenvalue weighted by atomic mass is 10.0. The normalized spacial score (nSPS) is 13.9. The van der Waals surface area contributed by atoms with E-state index in [1.165, 1.54) is 141 Å². The van der Waals surface area contributed by atoms with Crippen LogP contribution in [-0.4, -0.2) is 75.6 Å². The van der Waals surface area contributed by atoms with Gasteiger partial charge in [-0.05, 0) is 44.9 Å². The van der Waals surface area contributed by atoms with Gasteiger partial charge in [0, 0.05) is 13.0 Å². The number of ether oxygens (including phenoxy) is 2. The average Bonchev–Trinajstić information content (AvgIpc) is 3.22. The van der Waals surface area contributed by atoms with Crippen LogP contribution in [0.4, 0.5) is 0 Å². The Kier molecular flexibility index (Phi) is 44.3. The van der Waals surface area contributed by atoms with Gasteiger partial charge in [0.1, 0.15) is 19.3 Å². The van der Waals surface area contributed by atoms with Crippen molar-refractivity contribution in [3.63, 3.8) is 0 Å². The lowest BCUT2D eigenvalue weighted by Gasteiger charge is -2.24. The Hall–Kier alpha value is -1.28. The van der Waals surface area contributed by atoms with Gasteiger partial charge in [-0.25, -0.2) is 4.57 Å². The third-order valence-electron chi connectivity index (χ3n) is 11.2. The number of carbonyl (C=O) groups is 1. The second-order valence-electron chi connectivity index (χ2n) is 18.5. The van der Waals surface area contributed by atoms with Gasteiger partial charge in [-0.2, -0.15) is 0 Å². The van der Waals surface area contributed by atoms with E-state index in [0.29, 0.717) is 24.1 Å². The SMILES string of the molecule is CC/C=C\C/C=C\C/C=C\CCCCCCOCC(COP(=O)(O)OCC[N+](C)(C)C)OC(=O)CCCCCCCCCCCCCCCCCCCCCCCCCCC. The first-order valence-corrected chi connectivity index (χ1v) is 27.2. The number of phosphoric acid groups is 1. The summed E-state index contributed by atoms with van der Waals surface area (Å²) in [7, 11) is 1.66. The molecule has 0 saturated carbocycles. The Morgan fingerprint density at radius 1 is 0.525 bits per heavy atom. The molecule has 9 heteroatoms. The molecular formula is C52H101NO7P+. The van der Waals surface area contributed by atoms with Crippen molar-refractivity contribution in [2.75, 3.05) is 54.1 Å². The Morgan fingerprint density at radius 3 is 1.43 bits per heavy atom. The van der Waals surface area contributed by atoms with Crippen molar-refractivity contribution in [1.29, 1.82) is 0 Å². The Labute approximate surface area is 378 Å². The topological polar surface area (TPSA) is 91.3 Å². The molecule has 0 saturated heterocycles. The van der Waals surface area contributed by atoms with Crippen LogP contribution in [0.25, 0.3) is 0 Å². The molecule has 0 spiro atoms. The molecule has 0 fully saturated rings. The van der Waals surface area contributed by atoms with Crippen molar-refractivity contribution in [3.05, 3.63) is 36.5 Å². The molecule has 1 N–H and O–H groups in total. The zero-order valence-corrected chi connectivity index (χ0v) is 41.8. The molecule has 0 heterocycles. The smallest absolute Gasteiger partial charge is 0.457 e. The van der Waals surface area contributed by atoms with Crippen LogP contribution in [0.15, 0.2) is 36.5 Å². The van der Waals surface area contributed by atoms with Crippen LogP contribution >= 0.6 is 7.82 Å². The fourth-order valence-electron chi connectivity index (χ4n) is 7.28. The lowest BCUT2D eigenvalue weighted by Crippen LogP contribution is -2.37. The van der Waals surface area contributed by atoms with E-state index in [1.807, 2.05) is 21.1 Å². The molecule has 0 aromatic rings. The summed E-state index contributed by atoms with van der Waals surface area (Å²) in [4.78, 5) is 23.0. The summed E-state index contributed by atoms with van der Waals surface area (Å²) in [6.45, 7) is 5.49. The molecule has 2 atom stereocenters. The summed E-state index contributed by atoms with van der Waals surface area (Å²) in [5, 5.41) is 0. The minimum Gasteiger partial charge on any atom is -0.457 e. The number of phosphoric ester groups is 1. The number of nitrogens with zero attached hydrogens (tertiary/aromatic N) is 1. The molecular weight excluding hydrogens is 782 g/mol. The van der Waals surface area contributed by atoms with Crippen molar-refractivity contribution in [2.45, 2.75) is 238 Å². The zero-order chi connectivity index (χ0) is 44.8. The number of likely N-dealkylation sites (N-methyl/N-ethyl adjacent to an activating group) is 1. The predicted molar refractivity (Wildman–Crippen MR) is 261 cm³/mol. The Morgan fingerprint density at radius 2 is 0.951 bits per heavy atom. The number of carbonyl (C=O) groups excluding carboxylic acids is 1. The van der Waals surface area contributed by atoms with Gasteiger partial charge in [0.15, 0.2) is 0 Å². The van der Waals surface area contributed by atoms with Crippen LogP contribution in [0, 0.1) is 0 Å². The fraction of sp³-hybridized carbons (Fsp3) is 0.865. The molecule has 0 aliphatic carbocycles. The molecule has 61 heavy (non-hydrogen) atoms. The van der Waals surface area contributed by atoms with Crippen molar-refractivity contribution in [1.82, 2.24) is 0 Å². The molecule has 0 aliphatic heterocycles. The van der Waals surface area contributed by atoms with Gasteiger partial charge in [0.2, 0.25) is 0 Å². The molecule has 0 rings (SSSR count). The third kappa shape index (κ3) is 49.6. The molecule has 0 amide bonds. The minimum absolute atomic E-state index is 0.0849. The number of rotatable bonds is 48. The van der Waals surface area contributed by atoms with Crippen molar-refractivity contribution >= 4 is 13.8 Å². The third-order valence-corrected chi connectivity index (χ3v) is 12.2. The van der Waals surface area contributed by atoms with E-state index in [0.717, 1.165) is 70.6 Å². The quantitative estimate of drug-likeness (QED) is 0.0214. The highest BCUT2D eigenvalue weighted by Gasteiger charge is 2.26. The maximum atomic E-state index is 12.8. The zero-order valence-electron chi connectivity index (χ0n) is 40.9. The van der Waals surface area contributed by atoms with E-state index in [4.69, 9.17) is 18.5 Å². The van der Waals surface area contributed by atoms with E-state index >= 15 is 0 Å². The monoisotopic (exact) mass is 883 g/mol. The average molecular weight is 883 g/mol. The first-order valence-electron chi connectivity index (χ1n) is 25.7. The maximum Gasteiger partial charge on any atom is 0.472 e. The number of quaternary nitrogens is 1. The van der Waals surface area contributed by atoms with E-state index in [-0.39, 0.29) is 25.8 Å². The van der Waals surface area contributed by atoms with E-state index in [2.05, 4.69) is 50.3 Å². The summed E-state index contributed by atoms with van der Waals surface area (Å²) in [6, 6.07) is 0. The lowest BCUT2D eigenvalue weighted by molar-refractivity contribution is -0.870. The molecule has 0 aliphatic rings. The highest BCUT2D eigenvalue weighted by molar-refractivity contribution is 7.47. The standard InChI is InChI=1S/C52H100NO7P/c1-6-8-10-12-14-16-18-20-22-23-24-25-26-27-28-29-30-31-32-33-35-37-39-41-43-45-52(54)60-51(50-59-61(55,56)58-48-46-53(3,4)5)49-57-47-44-42-40-38-36-34-21-19-17-15-13-11-9-7-2/h9,11,15,17,21,34,51H,6-8,10,12-14,16,18-20,22-33,35-50H2,1-5H3/p+1/b11-9-,17-15-,34-21-. The Bertz CT molecular complexity index is 1070. The minimum atomic E-state index is -4.28. The van der Waals surface area contributed by atoms with Crippen LogP contribution in [-0.2, 0) is 27.9 Å². The summed E-state index contributed by atoms with van der Waals surface area (Å²) in [5.41, 5.74) is 0. The van der Waals surface area contributed by atoms with Crippen molar-refractivity contribution in [3.8, 4) is 0 Å². The van der Waals surface area contributed by atoms with Crippen LogP contribution in [0.1, 0.15) is 232 Å². The maximum absolute atomic E-state index is 12.8. The van der Waals surface area contributed by atoms with Crippen LogP contribution < -0.4 is 0 Å². The van der Waals surface area contributed by atoms with Gasteiger partial charge in [-0.1, -0.05) is 217 Å². The van der Waals surface area contributed by atoms with Gasteiger partial charge in [-0.15, -0.1) is 0 Å². The molecule has 0 aromatic carbocycles.